The lowest BCUT2D eigenvalue weighted by Crippen LogP contribution is -2.44. The smallest absolute Gasteiger partial charge is 0.255 e. The molecule has 3 N–H and O–H groups in total. The summed E-state index contributed by atoms with van der Waals surface area (Å²) < 4.78 is 13.2. The van der Waals surface area contributed by atoms with Crippen LogP contribution in [0.1, 0.15) is 41.4 Å². The Morgan fingerprint density at radius 1 is 1.03 bits per heavy atom. The highest BCUT2D eigenvalue weighted by atomic mass is 19.1. The van der Waals surface area contributed by atoms with Crippen molar-refractivity contribution >= 4 is 17.5 Å². The van der Waals surface area contributed by atoms with Crippen LogP contribution >= 0.6 is 0 Å². The summed E-state index contributed by atoms with van der Waals surface area (Å²) in [5, 5.41) is 2.80. The monoisotopic (exact) mass is 434 g/mol. The number of amides is 2. The van der Waals surface area contributed by atoms with Crippen LogP contribution in [-0.4, -0.2) is 35.3 Å². The molecule has 1 aromatic heterocycles. The summed E-state index contributed by atoms with van der Waals surface area (Å²) in [4.78, 5) is 30.9. The second kappa shape index (κ2) is 9.70. The van der Waals surface area contributed by atoms with E-state index in [2.05, 4.69) is 10.3 Å². The molecule has 0 aliphatic carbocycles. The van der Waals surface area contributed by atoms with Crippen molar-refractivity contribution in [2.75, 3.05) is 18.9 Å². The number of hydrogen-bond donors (Lipinski definition) is 2. The number of aromatic nitrogens is 1. The molecule has 1 unspecified atom stereocenters. The van der Waals surface area contributed by atoms with Crippen LogP contribution in [0.2, 0.25) is 0 Å². The van der Waals surface area contributed by atoms with Crippen molar-refractivity contribution in [3.63, 3.8) is 0 Å². The van der Waals surface area contributed by atoms with E-state index in [0.29, 0.717) is 17.8 Å². The van der Waals surface area contributed by atoms with E-state index >= 15 is 0 Å². The molecular formula is C25H27FN4O2. The van der Waals surface area contributed by atoms with E-state index in [1.165, 1.54) is 12.1 Å². The van der Waals surface area contributed by atoms with Crippen molar-refractivity contribution in [2.24, 2.45) is 5.73 Å². The molecule has 0 radical (unpaired) electrons. The van der Waals surface area contributed by atoms with Crippen molar-refractivity contribution < 1.29 is 14.0 Å². The van der Waals surface area contributed by atoms with Crippen LogP contribution in [0.3, 0.4) is 0 Å². The maximum absolute atomic E-state index is 13.2. The molecule has 166 valence electrons. The highest BCUT2D eigenvalue weighted by Crippen LogP contribution is 2.26. The molecule has 6 nitrogen and oxygen atoms in total. The van der Waals surface area contributed by atoms with Gasteiger partial charge in [0.15, 0.2) is 0 Å². The zero-order valence-electron chi connectivity index (χ0n) is 18.4. The minimum atomic E-state index is -0.822. The molecule has 0 aliphatic heterocycles. The van der Waals surface area contributed by atoms with Crippen LogP contribution in [0.5, 0.6) is 0 Å². The van der Waals surface area contributed by atoms with E-state index in [9.17, 15) is 14.0 Å². The van der Waals surface area contributed by atoms with Crippen LogP contribution in [-0.2, 0) is 10.2 Å². The lowest BCUT2D eigenvalue weighted by atomic mass is 9.83. The molecule has 1 heterocycles. The van der Waals surface area contributed by atoms with Gasteiger partial charge in [0, 0.05) is 43.3 Å². The zero-order chi connectivity index (χ0) is 23.3. The summed E-state index contributed by atoms with van der Waals surface area (Å²) in [6.45, 7) is 3.91. The fraction of sp³-hybridized carbons (Fsp3) is 0.240. The van der Waals surface area contributed by atoms with Gasteiger partial charge < -0.3 is 16.0 Å². The third kappa shape index (κ3) is 5.36. The summed E-state index contributed by atoms with van der Waals surface area (Å²) >= 11 is 0. The first-order valence-electron chi connectivity index (χ1n) is 10.3. The molecule has 0 aliphatic rings. The second-order valence-corrected chi connectivity index (χ2v) is 8.24. The van der Waals surface area contributed by atoms with Gasteiger partial charge in [-0.1, -0.05) is 24.3 Å². The van der Waals surface area contributed by atoms with E-state index in [1.807, 2.05) is 0 Å². The maximum atomic E-state index is 13.2. The summed E-state index contributed by atoms with van der Waals surface area (Å²) in [6.07, 6.45) is 3.21. The van der Waals surface area contributed by atoms with Gasteiger partial charge in [0.1, 0.15) is 5.82 Å². The van der Waals surface area contributed by atoms with Gasteiger partial charge in [-0.25, -0.2) is 4.39 Å². The molecule has 3 aromatic rings. The van der Waals surface area contributed by atoms with Gasteiger partial charge in [-0.05, 0) is 61.4 Å². The highest BCUT2D eigenvalue weighted by Gasteiger charge is 2.33. The predicted molar refractivity (Wildman–Crippen MR) is 123 cm³/mol. The predicted octanol–water partition coefficient (Wildman–Crippen LogP) is 3.91. The molecule has 32 heavy (non-hydrogen) atoms. The Bertz CT molecular complexity index is 1070. The highest BCUT2D eigenvalue weighted by molar-refractivity contribution is 6.04. The molecule has 0 saturated carbocycles. The largest absolute Gasteiger partial charge is 0.343 e. The minimum absolute atomic E-state index is 0.118. The molecule has 7 heteroatoms. The number of carbonyl (C=O) groups is 2. The first kappa shape index (κ1) is 23.1. The van der Waals surface area contributed by atoms with Gasteiger partial charge >= 0.3 is 0 Å². The van der Waals surface area contributed by atoms with E-state index in [1.54, 1.807) is 86.7 Å². The fourth-order valence-electron chi connectivity index (χ4n) is 3.47. The molecule has 0 fully saturated rings. The van der Waals surface area contributed by atoms with Crippen LogP contribution < -0.4 is 11.1 Å². The number of nitrogens with two attached hydrogens (primary N) is 1. The average Bonchev–Trinajstić information content (AvgIpc) is 2.79. The topological polar surface area (TPSA) is 88.3 Å². The third-order valence-corrected chi connectivity index (χ3v) is 5.46. The molecule has 0 bridgehead atoms. The normalized spacial score (nSPS) is 12.2. The number of carbonyl (C=O) groups excluding carboxylic acids is 2. The van der Waals surface area contributed by atoms with Crippen molar-refractivity contribution in [1.29, 1.82) is 0 Å². The van der Waals surface area contributed by atoms with Gasteiger partial charge in [-0.2, -0.15) is 0 Å². The van der Waals surface area contributed by atoms with E-state index in [0.717, 1.165) is 11.1 Å². The number of rotatable bonds is 7. The van der Waals surface area contributed by atoms with Crippen LogP contribution in [0.15, 0.2) is 73.1 Å². The summed E-state index contributed by atoms with van der Waals surface area (Å²) in [7, 11) is 1.70. The minimum Gasteiger partial charge on any atom is -0.343 e. The number of halogens is 1. The van der Waals surface area contributed by atoms with Crippen molar-refractivity contribution in [2.45, 2.75) is 25.3 Å². The summed E-state index contributed by atoms with van der Waals surface area (Å²) in [5.41, 5.74) is 8.21. The molecule has 2 amide bonds. The lowest BCUT2D eigenvalue weighted by molar-refractivity contribution is -0.135. The molecule has 2 aromatic carbocycles. The Hall–Kier alpha value is -3.58. The fourth-order valence-corrected chi connectivity index (χ4v) is 3.47. The number of anilines is 1. The van der Waals surface area contributed by atoms with Gasteiger partial charge in [-0.3, -0.25) is 14.6 Å². The number of hydrogen-bond acceptors (Lipinski definition) is 4. The number of likely N-dealkylation sites (N-methyl/N-ethyl adjacent to an activating group) is 1. The van der Waals surface area contributed by atoms with Crippen LogP contribution in [0, 0.1) is 5.82 Å². The van der Waals surface area contributed by atoms with Crippen molar-refractivity contribution in [1.82, 2.24) is 9.88 Å². The van der Waals surface area contributed by atoms with Gasteiger partial charge in [0.2, 0.25) is 5.91 Å². The third-order valence-electron chi connectivity index (χ3n) is 5.46. The molecule has 0 spiro atoms. The quantitative estimate of drug-likeness (QED) is 0.590. The Morgan fingerprint density at radius 3 is 2.22 bits per heavy atom. The average molecular weight is 435 g/mol. The van der Waals surface area contributed by atoms with Crippen molar-refractivity contribution in [3.8, 4) is 0 Å². The standard InChI is InChI=1S/C25H27FN4O2/c1-25(2,19-8-10-20(26)11-9-19)24(32)30(3)16-22(27)17-4-6-18(7-5-17)23(31)29-21-12-14-28-15-13-21/h4-15,22H,16,27H2,1-3H3,(H,28,29,31). The Morgan fingerprint density at radius 2 is 1.62 bits per heavy atom. The SMILES string of the molecule is CN(CC(N)c1ccc(C(=O)Nc2ccncc2)cc1)C(=O)C(C)(C)c1ccc(F)cc1. The zero-order valence-corrected chi connectivity index (χ0v) is 18.4. The second-order valence-electron chi connectivity index (χ2n) is 8.24. The Labute approximate surface area is 187 Å². The van der Waals surface area contributed by atoms with Crippen LogP contribution in [0.25, 0.3) is 0 Å². The molecule has 3 rings (SSSR count). The Balaban J connectivity index is 1.63. The number of benzene rings is 2. The lowest BCUT2D eigenvalue weighted by Gasteiger charge is -2.31. The molecule has 0 saturated heterocycles. The molecule has 1 atom stereocenters. The summed E-state index contributed by atoms with van der Waals surface area (Å²) in [5.74, 6) is -0.692. The number of pyridine rings is 1. The van der Waals surface area contributed by atoms with E-state index in [4.69, 9.17) is 5.73 Å². The Kier molecular flexibility index (Phi) is 7.00. The van der Waals surface area contributed by atoms with Crippen molar-refractivity contribution in [3.05, 3.63) is 95.6 Å². The first-order valence-corrected chi connectivity index (χ1v) is 10.3. The van der Waals surface area contributed by atoms with E-state index in [-0.39, 0.29) is 17.6 Å². The van der Waals surface area contributed by atoms with E-state index < -0.39 is 11.5 Å². The van der Waals surface area contributed by atoms with Gasteiger partial charge in [-0.15, -0.1) is 0 Å². The molecular weight excluding hydrogens is 407 g/mol. The van der Waals surface area contributed by atoms with Crippen LogP contribution in [0.4, 0.5) is 10.1 Å². The first-order chi connectivity index (χ1) is 15.2. The maximum Gasteiger partial charge on any atom is 0.255 e. The van der Waals surface area contributed by atoms with Gasteiger partial charge in [0.05, 0.1) is 5.41 Å². The number of nitrogens with one attached hydrogen (secondary N) is 1. The summed E-state index contributed by atoms with van der Waals surface area (Å²) in [6, 6.07) is 15.9. The van der Waals surface area contributed by atoms with Gasteiger partial charge in [0.25, 0.3) is 5.91 Å². The number of nitrogens with zero attached hydrogens (tertiary/aromatic N) is 2.